The molecule has 1 N–H and O–H groups in total. The summed E-state index contributed by atoms with van der Waals surface area (Å²) in [6.45, 7) is 0. The van der Waals surface area contributed by atoms with Crippen LogP contribution in [0.1, 0.15) is 0 Å². The number of sulfonamides is 1. The van der Waals surface area contributed by atoms with Crippen LogP contribution in [0.5, 0.6) is 5.75 Å². The van der Waals surface area contributed by atoms with E-state index in [0.29, 0.717) is 0 Å². The molecule has 0 radical (unpaired) electrons. The zero-order valence-electron chi connectivity index (χ0n) is 15.4. The molecule has 3 aromatic rings. The molecule has 0 fully saturated rings. The first-order chi connectivity index (χ1) is 13.3. The monoisotopic (exact) mass is 460 g/mol. The van der Waals surface area contributed by atoms with Gasteiger partial charge in [0.1, 0.15) is 0 Å². The van der Waals surface area contributed by atoms with Gasteiger partial charge in [0.2, 0.25) is 10.0 Å². The van der Waals surface area contributed by atoms with Crippen molar-refractivity contribution < 1.29 is 52.0 Å². The minimum atomic E-state index is -4.58. The predicted octanol–water partition coefficient (Wildman–Crippen LogP) is 0.274. The molecule has 1 unspecified atom stereocenters. The second-order valence-electron chi connectivity index (χ2n) is 5.69. The average molecular weight is 461 g/mol. The first kappa shape index (κ1) is 24.1. The van der Waals surface area contributed by atoms with E-state index in [-0.39, 0.29) is 45.4 Å². The topological polar surface area (TPSA) is 108 Å². The van der Waals surface area contributed by atoms with E-state index < -0.39 is 23.9 Å². The van der Waals surface area contributed by atoms with Crippen molar-refractivity contribution in [3.8, 4) is 16.9 Å². The molecule has 0 aliphatic carbocycles. The summed E-state index contributed by atoms with van der Waals surface area (Å²) in [5, 5.41) is -0.141. The van der Waals surface area contributed by atoms with E-state index in [2.05, 4.69) is 4.98 Å². The Morgan fingerprint density at radius 3 is 2.24 bits per heavy atom. The molecular weight excluding hydrogens is 446 g/mol. The van der Waals surface area contributed by atoms with Crippen molar-refractivity contribution in [1.82, 2.24) is 9.71 Å². The minimum absolute atomic E-state index is 0. The Morgan fingerprint density at radius 1 is 1.00 bits per heavy atom. The molecule has 0 aliphatic heterocycles. The van der Waals surface area contributed by atoms with E-state index in [1.807, 2.05) is 35.1 Å². The molecule has 0 saturated carbocycles. The van der Waals surface area contributed by atoms with Crippen LogP contribution in [0.15, 0.2) is 77.8 Å². The molecule has 1 atom stereocenters. The van der Waals surface area contributed by atoms with E-state index in [1.54, 1.807) is 12.1 Å². The van der Waals surface area contributed by atoms with Crippen LogP contribution in [0.2, 0.25) is 5.15 Å². The Labute approximate surface area is 196 Å². The molecule has 29 heavy (non-hydrogen) atoms. The molecule has 1 heterocycles. The van der Waals surface area contributed by atoms with Gasteiger partial charge in [0.15, 0.2) is 18.5 Å². The summed E-state index contributed by atoms with van der Waals surface area (Å²) in [6, 6.07) is 18.3. The van der Waals surface area contributed by atoms with Crippen molar-refractivity contribution >= 4 is 29.2 Å². The van der Waals surface area contributed by atoms with Crippen molar-refractivity contribution in [3.05, 3.63) is 78.1 Å². The van der Waals surface area contributed by atoms with Crippen LogP contribution < -0.4 is 43.7 Å². The van der Waals surface area contributed by atoms with Crippen molar-refractivity contribution in [1.29, 1.82) is 0 Å². The molecule has 0 saturated heterocycles. The van der Waals surface area contributed by atoms with Crippen molar-refractivity contribution in [3.63, 3.8) is 0 Å². The number of aromatic nitrogens is 1. The molecule has 1 aromatic heterocycles. The smallest absolute Gasteiger partial charge is 0.768 e. The molecule has 0 amide bonds. The van der Waals surface area contributed by atoms with Crippen molar-refractivity contribution in [2.24, 2.45) is 0 Å². The van der Waals surface area contributed by atoms with Gasteiger partial charge in [-0.2, -0.15) is 0 Å². The number of hydrogen-bond acceptors (Lipinski definition) is 6. The standard InChI is InChI=1S/C18H16ClN2O5PS.Na/c19-18-17(7-4-12-20-18)26-27(22,23)13-21-28(24,25)16-10-8-15(9-11-16)14-5-2-1-3-6-14;/h1-12,21H,13H2,(H,22,23);/q;+1/p-1. The van der Waals surface area contributed by atoms with Gasteiger partial charge in [-0.05, 0) is 35.4 Å². The van der Waals surface area contributed by atoms with Gasteiger partial charge in [-0.3, -0.25) is 4.57 Å². The normalized spacial score (nSPS) is 13.2. The first-order valence-electron chi connectivity index (χ1n) is 8.02. The third-order valence-electron chi connectivity index (χ3n) is 3.68. The Balaban J connectivity index is 0.00000300. The van der Waals surface area contributed by atoms with E-state index in [9.17, 15) is 17.9 Å². The minimum Gasteiger partial charge on any atom is -0.768 e. The van der Waals surface area contributed by atoms with Gasteiger partial charge in [0.25, 0.3) is 0 Å². The van der Waals surface area contributed by atoms with Gasteiger partial charge < -0.3 is 9.42 Å². The third kappa shape index (κ3) is 6.64. The molecule has 0 spiro atoms. The van der Waals surface area contributed by atoms with Crippen LogP contribution in [-0.2, 0) is 14.6 Å². The fraction of sp³-hybridized carbons (Fsp3) is 0.0556. The largest absolute Gasteiger partial charge is 1.00 e. The summed E-state index contributed by atoms with van der Waals surface area (Å²) in [7, 11) is -8.63. The van der Waals surface area contributed by atoms with E-state index >= 15 is 0 Å². The summed E-state index contributed by atoms with van der Waals surface area (Å²) < 4.78 is 43.7. The molecule has 2 aromatic carbocycles. The zero-order valence-corrected chi connectivity index (χ0v) is 19.8. The quantitative estimate of drug-likeness (QED) is 0.308. The maximum absolute atomic E-state index is 12.4. The van der Waals surface area contributed by atoms with E-state index in [1.165, 1.54) is 30.5 Å². The van der Waals surface area contributed by atoms with Gasteiger partial charge in [-0.25, -0.2) is 18.1 Å². The van der Waals surface area contributed by atoms with Crippen LogP contribution in [0.4, 0.5) is 0 Å². The predicted molar refractivity (Wildman–Crippen MR) is 105 cm³/mol. The number of rotatable bonds is 7. The molecule has 7 nitrogen and oxygen atoms in total. The number of halogens is 1. The Morgan fingerprint density at radius 2 is 1.62 bits per heavy atom. The number of nitrogens with one attached hydrogen (secondary N) is 1. The molecule has 0 aliphatic rings. The molecular formula is C18H15ClN2NaO5PS. The van der Waals surface area contributed by atoms with Crippen LogP contribution >= 0.6 is 19.2 Å². The van der Waals surface area contributed by atoms with Crippen LogP contribution in [-0.4, -0.2) is 19.7 Å². The second kappa shape index (κ2) is 10.2. The van der Waals surface area contributed by atoms with Crippen LogP contribution in [0.3, 0.4) is 0 Å². The maximum Gasteiger partial charge on any atom is 1.00 e. The van der Waals surface area contributed by atoms with Crippen LogP contribution in [0, 0.1) is 0 Å². The number of hydrogen-bond donors (Lipinski definition) is 1. The summed E-state index contributed by atoms with van der Waals surface area (Å²) >= 11 is 5.75. The van der Waals surface area contributed by atoms with Gasteiger partial charge in [-0.1, -0.05) is 54.1 Å². The van der Waals surface area contributed by atoms with Crippen molar-refractivity contribution in [2.45, 2.75) is 4.90 Å². The van der Waals surface area contributed by atoms with Gasteiger partial charge in [0, 0.05) is 6.20 Å². The molecule has 11 heteroatoms. The van der Waals surface area contributed by atoms with Gasteiger partial charge >= 0.3 is 29.6 Å². The van der Waals surface area contributed by atoms with Crippen molar-refractivity contribution in [2.75, 3.05) is 6.29 Å². The number of benzene rings is 2. The average Bonchev–Trinajstić information content (AvgIpc) is 2.69. The summed E-state index contributed by atoms with van der Waals surface area (Å²) in [4.78, 5) is 15.7. The third-order valence-corrected chi connectivity index (χ3v) is 6.62. The van der Waals surface area contributed by atoms with E-state index in [0.717, 1.165) is 11.1 Å². The zero-order chi connectivity index (χ0) is 20.2. The molecule has 3 rings (SSSR count). The van der Waals surface area contributed by atoms with Gasteiger partial charge in [0.05, 0.1) is 11.2 Å². The summed E-state index contributed by atoms with van der Waals surface area (Å²) in [5.41, 5.74) is 1.77. The summed E-state index contributed by atoms with van der Waals surface area (Å²) in [6.07, 6.45) is 0.438. The van der Waals surface area contributed by atoms with E-state index in [4.69, 9.17) is 16.1 Å². The SMILES string of the molecule is O=P([O-])(CNS(=O)(=O)c1ccc(-c2ccccc2)cc1)Oc1cccnc1Cl.[Na+]. The Hall–Kier alpha value is -1.22. The van der Waals surface area contributed by atoms with Crippen LogP contribution in [0.25, 0.3) is 11.1 Å². The molecule has 146 valence electrons. The molecule has 0 bridgehead atoms. The fourth-order valence-corrected chi connectivity index (χ4v) is 5.02. The number of pyridine rings is 1. The number of nitrogens with zero attached hydrogens (tertiary/aromatic N) is 1. The Bertz CT molecular complexity index is 1110. The first-order valence-corrected chi connectivity index (χ1v) is 11.6. The fourth-order valence-electron chi connectivity index (χ4n) is 2.33. The second-order valence-corrected chi connectivity index (χ2v) is 9.54. The Kier molecular flexibility index (Phi) is 8.46. The summed E-state index contributed by atoms with van der Waals surface area (Å²) in [5.74, 6) is -0.172. The van der Waals surface area contributed by atoms with Gasteiger partial charge in [-0.15, -0.1) is 0 Å². The maximum atomic E-state index is 12.4.